The molecule has 2 aromatic carbocycles. The first-order valence-corrected chi connectivity index (χ1v) is 11.7. The quantitative estimate of drug-likeness (QED) is 0.474. The minimum Gasteiger partial charge on any atom is -0.480 e. The van der Waals surface area contributed by atoms with Gasteiger partial charge in [0.1, 0.15) is 12.6 Å². The highest BCUT2D eigenvalue weighted by molar-refractivity contribution is 5.84. The van der Waals surface area contributed by atoms with E-state index >= 15 is 0 Å². The maximum Gasteiger partial charge on any atom is 0.407 e. The Morgan fingerprint density at radius 3 is 2.21 bits per heavy atom. The standard InChI is InChI=1S/C26H30N2O6/c29-14-23(25(31)32)27-24(30)13-16-7-1-6-12-22(16)28-26(33)34-15-21-19-10-4-2-8-17(19)18-9-3-5-11-20(18)21/h2-5,8-11,16,21-23,29H,1,6-7,12-15H2,(H,27,30)(H,28,33)(H,31,32)/t16-,22-,23-/m0/s1. The molecule has 0 spiro atoms. The zero-order valence-electron chi connectivity index (χ0n) is 18.9. The normalized spacial score (nSPS) is 20.0. The van der Waals surface area contributed by atoms with E-state index in [2.05, 4.69) is 34.9 Å². The van der Waals surface area contributed by atoms with E-state index in [0.717, 1.165) is 47.9 Å². The molecule has 2 aromatic rings. The van der Waals surface area contributed by atoms with Crippen LogP contribution in [-0.4, -0.2) is 53.5 Å². The molecule has 34 heavy (non-hydrogen) atoms. The van der Waals surface area contributed by atoms with Crippen molar-refractivity contribution in [1.29, 1.82) is 0 Å². The molecule has 8 nitrogen and oxygen atoms in total. The van der Waals surface area contributed by atoms with Gasteiger partial charge < -0.3 is 25.6 Å². The summed E-state index contributed by atoms with van der Waals surface area (Å²) in [6.07, 6.45) is 2.91. The summed E-state index contributed by atoms with van der Waals surface area (Å²) in [5, 5.41) is 23.4. The van der Waals surface area contributed by atoms with Crippen LogP contribution in [0.15, 0.2) is 48.5 Å². The van der Waals surface area contributed by atoms with Gasteiger partial charge in [0.05, 0.1) is 6.61 Å². The van der Waals surface area contributed by atoms with Crippen LogP contribution in [0.3, 0.4) is 0 Å². The number of aliphatic hydroxyl groups excluding tert-OH is 1. The number of fused-ring (bicyclic) bond motifs is 3. The van der Waals surface area contributed by atoms with Crippen molar-refractivity contribution in [3.63, 3.8) is 0 Å². The molecule has 2 aliphatic rings. The maximum absolute atomic E-state index is 12.7. The number of aliphatic hydroxyl groups is 1. The van der Waals surface area contributed by atoms with Crippen molar-refractivity contribution in [1.82, 2.24) is 10.6 Å². The summed E-state index contributed by atoms with van der Waals surface area (Å²) in [6.45, 7) is -0.457. The second-order valence-electron chi connectivity index (χ2n) is 8.97. The van der Waals surface area contributed by atoms with Gasteiger partial charge in [-0.05, 0) is 41.0 Å². The van der Waals surface area contributed by atoms with Crippen molar-refractivity contribution < 1.29 is 29.3 Å². The number of carbonyl (C=O) groups is 3. The SMILES string of the molecule is O=C(C[C@@H]1CCCC[C@@H]1NC(=O)OCC1c2ccccc2-c2ccccc21)N[C@@H](CO)C(=O)O. The molecule has 0 aromatic heterocycles. The van der Waals surface area contributed by atoms with E-state index in [1.165, 1.54) is 0 Å². The molecule has 8 heteroatoms. The lowest BCUT2D eigenvalue weighted by molar-refractivity contribution is -0.143. The van der Waals surface area contributed by atoms with Gasteiger partial charge in [-0.3, -0.25) is 4.79 Å². The molecular weight excluding hydrogens is 436 g/mol. The Bertz CT molecular complexity index is 1010. The molecule has 3 atom stereocenters. The van der Waals surface area contributed by atoms with Gasteiger partial charge in [-0.25, -0.2) is 9.59 Å². The number of alkyl carbamates (subject to hydrolysis) is 1. The van der Waals surface area contributed by atoms with E-state index in [-0.39, 0.29) is 30.9 Å². The first kappa shape index (κ1) is 23.8. The summed E-state index contributed by atoms with van der Waals surface area (Å²) < 4.78 is 5.65. The fourth-order valence-electron chi connectivity index (χ4n) is 5.11. The summed E-state index contributed by atoms with van der Waals surface area (Å²) in [6, 6.07) is 14.7. The number of carboxylic acid groups (broad SMARTS) is 1. The predicted molar refractivity (Wildman–Crippen MR) is 125 cm³/mol. The van der Waals surface area contributed by atoms with Crippen molar-refractivity contribution in [2.75, 3.05) is 13.2 Å². The summed E-state index contributed by atoms with van der Waals surface area (Å²) in [7, 11) is 0. The summed E-state index contributed by atoms with van der Waals surface area (Å²) in [5.41, 5.74) is 4.60. The average Bonchev–Trinajstić information content (AvgIpc) is 3.16. The monoisotopic (exact) mass is 466 g/mol. The highest BCUT2D eigenvalue weighted by atomic mass is 16.5. The van der Waals surface area contributed by atoms with E-state index in [1.807, 2.05) is 24.3 Å². The number of aliphatic carboxylic acids is 1. The third-order valence-corrected chi connectivity index (χ3v) is 6.82. The second kappa shape index (κ2) is 10.7. The molecule has 4 N–H and O–H groups in total. The number of ether oxygens (including phenoxy) is 1. The van der Waals surface area contributed by atoms with Crippen LogP contribution in [0.4, 0.5) is 4.79 Å². The second-order valence-corrected chi connectivity index (χ2v) is 8.97. The van der Waals surface area contributed by atoms with E-state index in [0.29, 0.717) is 0 Å². The third kappa shape index (κ3) is 5.22. The average molecular weight is 467 g/mol. The number of hydrogen-bond donors (Lipinski definition) is 4. The Labute approximate surface area is 198 Å². The summed E-state index contributed by atoms with van der Waals surface area (Å²) >= 11 is 0. The van der Waals surface area contributed by atoms with Crippen molar-refractivity contribution in [3.05, 3.63) is 59.7 Å². The molecule has 0 unspecified atom stereocenters. The van der Waals surface area contributed by atoms with Crippen LogP contribution in [-0.2, 0) is 14.3 Å². The zero-order valence-corrected chi connectivity index (χ0v) is 18.9. The molecular formula is C26H30N2O6. The maximum atomic E-state index is 12.7. The van der Waals surface area contributed by atoms with Crippen molar-refractivity contribution in [3.8, 4) is 11.1 Å². The predicted octanol–water partition coefficient (Wildman–Crippen LogP) is 3.04. The molecule has 0 heterocycles. The van der Waals surface area contributed by atoms with Gasteiger partial charge in [0, 0.05) is 18.4 Å². The van der Waals surface area contributed by atoms with Crippen LogP contribution in [0, 0.1) is 5.92 Å². The van der Waals surface area contributed by atoms with Gasteiger partial charge in [0.15, 0.2) is 0 Å². The topological polar surface area (TPSA) is 125 Å². The lowest BCUT2D eigenvalue weighted by Gasteiger charge is -2.32. The lowest BCUT2D eigenvalue weighted by atomic mass is 9.82. The van der Waals surface area contributed by atoms with Crippen LogP contribution in [0.2, 0.25) is 0 Å². The van der Waals surface area contributed by atoms with E-state index in [4.69, 9.17) is 14.9 Å². The Kier molecular flexibility index (Phi) is 7.47. The van der Waals surface area contributed by atoms with Crippen LogP contribution in [0.1, 0.15) is 49.1 Å². The molecule has 4 rings (SSSR count). The highest BCUT2D eigenvalue weighted by Crippen LogP contribution is 2.44. The molecule has 2 aliphatic carbocycles. The highest BCUT2D eigenvalue weighted by Gasteiger charge is 2.32. The van der Waals surface area contributed by atoms with Crippen LogP contribution in [0.25, 0.3) is 11.1 Å². The summed E-state index contributed by atoms with van der Waals surface area (Å²) in [5.74, 6) is -1.89. The van der Waals surface area contributed by atoms with E-state index < -0.39 is 30.6 Å². The lowest BCUT2D eigenvalue weighted by Crippen LogP contribution is -2.47. The molecule has 0 radical (unpaired) electrons. The Morgan fingerprint density at radius 1 is 0.971 bits per heavy atom. The molecule has 0 bridgehead atoms. The Balaban J connectivity index is 1.35. The fraction of sp³-hybridized carbons (Fsp3) is 0.423. The first-order chi connectivity index (χ1) is 16.5. The number of amides is 2. The smallest absolute Gasteiger partial charge is 0.407 e. The van der Waals surface area contributed by atoms with Crippen molar-refractivity contribution in [2.45, 2.75) is 50.1 Å². The molecule has 180 valence electrons. The molecule has 0 aliphatic heterocycles. The van der Waals surface area contributed by atoms with Crippen molar-refractivity contribution >= 4 is 18.0 Å². The summed E-state index contributed by atoms with van der Waals surface area (Å²) in [4.78, 5) is 36.1. The van der Waals surface area contributed by atoms with Crippen LogP contribution in [0.5, 0.6) is 0 Å². The molecule has 1 fully saturated rings. The van der Waals surface area contributed by atoms with Gasteiger partial charge in [0.2, 0.25) is 5.91 Å². The van der Waals surface area contributed by atoms with Crippen LogP contribution >= 0.6 is 0 Å². The number of hydrogen-bond acceptors (Lipinski definition) is 5. The zero-order chi connectivity index (χ0) is 24.1. The van der Waals surface area contributed by atoms with Gasteiger partial charge in [-0.15, -0.1) is 0 Å². The number of carbonyl (C=O) groups excluding carboxylic acids is 2. The number of rotatable bonds is 8. The van der Waals surface area contributed by atoms with Gasteiger partial charge in [-0.1, -0.05) is 61.4 Å². The fourth-order valence-corrected chi connectivity index (χ4v) is 5.11. The number of carboxylic acids is 1. The largest absolute Gasteiger partial charge is 0.480 e. The Hall–Kier alpha value is -3.39. The molecule has 0 saturated heterocycles. The minimum atomic E-state index is -1.33. The molecule has 1 saturated carbocycles. The van der Waals surface area contributed by atoms with Gasteiger partial charge in [0.25, 0.3) is 0 Å². The van der Waals surface area contributed by atoms with E-state index in [1.54, 1.807) is 0 Å². The van der Waals surface area contributed by atoms with Crippen LogP contribution < -0.4 is 10.6 Å². The van der Waals surface area contributed by atoms with Crippen molar-refractivity contribution in [2.24, 2.45) is 5.92 Å². The third-order valence-electron chi connectivity index (χ3n) is 6.82. The number of benzene rings is 2. The minimum absolute atomic E-state index is 0.0301. The Morgan fingerprint density at radius 2 is 1.59 bits per heavy atom. The molecule has 2 amide bonds. The number of nitrogens with one attached hydrogen (secondary N) is 2. The first-order valence-electron chi connectivity index (χ1n) is 11.7. The van der Waals surface area contributed by atoms with Gasteiger partial charge in [-0.2, -0.15) is 0 Å². The van der Waals surface area contributed by atoms with Gasteiger partial charge >= 0.3 is 12.1 Å². The van der Waals surface area contributed by atoms with E-state index in [9.17, 15) is 14.4 Å².